The molecule has 2 amide bonds. The maximum atomic E-state index is 11.8. The van der Waals surface area contributed by atoms with Crippen LogP contribution in [0.15, 0.2) is 24.3 Å². The lowest BCUT2D eigenvalue weighted by Gasteiger charge is -2.15. The molecule has 104 valence electrons. The zero-order chi connectivity index (χ0) is 14.3. The first kappa shape index (κ1) is 15.6. The van der Waals surface area contributed by atoms with Gasteiger partial charge >= 0.3 is 0 Å². The fourth-order valence-corrected chi connectivity index (χ4v) is 2.55. The van der Waals surface area contributed by atoms with Crippen LogP contribution in [-0.4, -0.2) is 43.1 Å². The molecule has 0 radical (unpaired) electrons. The number of rotatable bonds is 6. The SMILES string of the molecule is CNC(=O)CN(C)C(=O)CSCc1ccccc1C. The summed E-state index contributed by atoms with van der Waals surface area (Å²) in [5.74, 6) is 1.02. The second-order valence-electron chi connectivity index (χ2n) is 4.34. The monoisotopic (exact) mass is 280 g/mol. The van der Waals surface area contributed by atoms with Gasteiger partial charge in [-0.25, -0.2) is 0 Å². The van der Waals surface area contributed by atoms with Crippen molar-refractivity contribution in [3.05, 3.63) is 35.4 Å². The minimum atomic E-state index is -0.153. The highest BCUT2D eigenvalue weighted by molar-refractivity contribution is 7.99. The Morgan fingerprint density at radius 3 is 2.63 bits per heavy atom. The molecule has 0 aliphatic heterocycles. The van der Waals surface area contributed by atoms with E-state index in [0.29, 0.717) is 5.75 Å². The molecule has 1 aromatic carbocycles. The molecule has 0 aromatic heterocycles. The Morgan fingerprint density at radius 1 is 1.32 bits per heavy atom. The zero-order valence-corrected chi connectivity index (χ0v) is 12.4. The van der Waals surface area contributed by atoms with Gasteiger partial charge in [-0.2, -0.15) is 0 Å². The van der Waals surface area contributed by atoms with Gasteiger partial charge in [0.05, 0.1) is 12.3 Å². The van der Waals surface area contributed by atoms with Crippen molar-refractivity contribution >= 4 is 23.6 Å². The van der Waals surface area contributed by atoms with Crippen molar-refractivity contribution in [1.29, 1.82) is 0 Å². The number of hydrogen-bond donors (Lipinski definition) is 1. The molecule has 0 unspecified atom stereocenters. The van der Waals surface area contributed by atoms with Gasteiger partial charge in [0.1, 0.15) is 0 Å². The van der Waals surface area contributed by atoms with Gasteiger partial charge in [0.15, 0.2) is 0 Å². The summed E-state index contributed by atoms with van der Waals surface area (Å²) in [7, 11) is 3.21. The number of nitrogens with zero attached hydrogens (tertiary/aromatic N) is 1. The van der Waals surface area contributed by atoms with Gasteiger partial charge < -0.3 is 10.2 Å². The Labute approximate surface area is 118 Å². The Bertz CT molecular complexity index is 449. The molecular weight excluding hydrogens is 260 g/mol. The molecule has 4 nitrogen and oxygen atoms in total. The van der Waals surface area contributed by atoms with E-state index >= 15 is 0 Å². The fourth-order valence-electron chi connectivity index (χ4n) is 1.51. The summed E-state index contributed by atoms with van der Waals surface area (Å²) in [6.45, 7) is 2.18. The van der Waals surface area contributed by atoms with Gasteiger partial charge in [-0.05, 0) is 18.1 Å². The van der Waals surface area contributed by atoms with Gasteiger partial charge in [-0.15, -0.1) is 11.8 Å². The van der Waals surface area contributed by atoms with E-state index in [-0.39, 0.29) is 18.4 Å². The lowest BCUT2D eigenvalue weighted by molar-refractivity contribution is -0.132. The number of benzene rings is 1. The van der Waals surface area contributed by atoms with Crippen LogP contribution in [0.1, 0.15) is 11.1 Å². The van der Waals surface area contributed by atoms with Crippen LogP contribution in [0.4, 0.5) is 0 Å². The number of likely N-dealkylation sites (N-methyl/N-ethyl adjacent to an activating group) is 2. The van der Waals surface area contributed by atoms with E-state index in [2.05, 4.69) is 24.4 Å². The zero-order valence-electron chi connectivity index (χ0n) is 11.6. The molecule has 0 spiro atoms. The van der Waals surface area contributed by atoms with Crippen LogP contribution < -0.4 is 5.32 Å². The number of carbonyl (C=O) groups is 2. The van der Waals surface area contributed by atoms with Crippen molar-refractivity contribution in [3.8, 4) is 0 Å². The number of nitrogens with one attached hydrogen (secondary N) is 1. The average Bonchev–Trinajstić information content (AvgIpc) is 2.40. The molecule has 1 aromatic rings. The van der Waals surface area contributed by atoms with Crippen molar-refractivity contribution in [2.45, 2.75) is 12.7 Å². The second kappa shape index (κ2) is 7.84. The lowest BCUT2D eigenvalue weighted by atomic mass is 10.1. The quantitative estimate of drug-likeness (QED) is 0.857. The summed E-state index contributed by atoms with van der Waals surface area (Å²) in [6, 6.07) is 8.14. The summed E-state index contributed by atoms with van der Waals surface area (Å²) in [6.07, 6.45) is 0. The molecule has 0 bridgehead atoms. The molecule has 0 aliphatic rings. The maximum absolute atomic E-state index is 11.8. The predicted octanol–water partition coefficient (Wildman–Crippen LogP) is 1.43. The van der Waals surface area contributed by atoms with Crippen molar-refractivity contribution in [3.63, 3.8) is 0 Å². The summed E-state index contributed by atoms with van der Waals surface area (Å²) < 4.78 is 0. The first-order chi connectivity index (χ1) is 9.04. The third kappa shape index (κ3) is 5.34. The Morgan fingerprint density at radius 2 is 2.00 bits per heavy atom. The van der Waals surface area contributed by atoms with Gasteiger partial charge in [-0.3, -0.25) is 9.59 Å². The van der Waals surface area contributed by atoms with E-state index in [0.717, 1.165) is 5.75 Å². The van der Waals surface area contributed by atoms with E-state index in [9.17, 15) is 9.59 Å². The molecule has 0 atom stereocenters. The smallest absolute Gasteiger partial charge is 0.239 e. The molecule has 0 heterocycles. The van der Waals surface area contributed by atoms with Crippen molar-refractivity contribution in [2.75, 3.05) is 26.4 Å². The number of hydrogen-bond acceptors (Lipinski definition) is 3. The van der Waals surface area contributed by atoms with Crippen LogP contribution in [-0.2, 0) is 15.3 Å². The first-order valence-electron chi connectivity index (χ1n) is 6.11. The van der Waals surface area contributed by atoms with Crippen LogP contribution in [0.5, 0.6) is 0 Å². The Balaban J connectivity index is 2.35. The summed E-state index contributed by atoms with van der Waals surface area (Å²) in [5.41, 5.74) is 2.48. The molecular formula is C14H20N2O2S. The highest BCUT2D eigenvalue weighted by atomic mass is 32.2. The third-order valence-corrected chi connectivity index (χ3v) is 3.80. The number of thioether (sulfide) groups is 1. The third-order valence-electron chi connectivity index (χ3n) is 2.83. The van der Waals surface area contributed by atoms with Crippen molar-refractivity contribution in [1.82, 2.24) is 10.2 Å². The molecule has 0 saturated heterocycles. The van der Waals surface area contributed by atoms with Gasteiger partial charge in [0, 0.05) is 19.8 Å². The molecule has 0 fully saturated rings. The van der Waals surface area contributed by atoms with E-state index < -0.39 is 0 Å². The van der Waals surface area contributed by atoms with Crippen molar-refractivity contribution < 1.29 is 9.59 Å². The van der Waals surface area contributed by atoms with Crippen LogP contribution in [0.3, 0.4) is 0 Å². The summed E-state index contributed by atoms with van der Waals surface area (Å²) in [4.78, 5) is 24.4. The van der Waals surface area contributed by atoms with Crippen LogP contribution in [0.25, 0.3) is 0 Å². The molecule has 0 aliphatic carbocycles. The highest BCUT2D eigenvalue weighted by Gasteiger charge is 2.11. The molecule has 5 heteroatoms. The number of carbonyl (C=O) groups excluding carboxylic acids is 2. The normalized spacial score (nSPS) is 10.1. The minimum Gasteiger partial charge on any atom is -0.358 e. The van der Waals surface area contributed by atoms with E-state index in [1.54, 1.807) is 25.9 Å². The highest BCUT2D eigenvalue weighted by Crippen LogP contribution is 2.15. The van der Waals surface area contributed by atoms with Crippen molar-refractivity contribution in [2.24, 2.45) is 0 Å². The van der Waals surface area contributed by atoms with Crippen LogP contribution >= 0.6 is 11.8 Å². The average molecular weight is 280 g/mol. The van der Waals surface area contributed by atoms with Crippen LogP contribution in [0, 0.1) is 6.92 Å². The topological polar surface area (TPSA) is 49.4 Å². The fraction of sp³-hybridized carbons (Fsp3) is 0.429. The lowest BCUT2D eigenvalue weighted by Crippen LogP contribution is -2.37. The molecule has 0 saturated carbocycles. The molecule has 19 heavy (non-hydrogen) atoms. The standard InChI is InChI=1S/C14H20N2O2S/c1-11-6-4-5-7-12(11)9-19-10-14(18)16(3)8-13(17)15-2/h4-7H,8-10H2,1-3H3,(H,15,17). The second-order valence-corrected chi connectivity index (χ2v) is 5.33. The van der Waals surface area contributed by atoms with E-state index in [1.165, 1.54) is 16.0 Å². The molecule has 1 rings (SSSR count). The van der Waals surface area contributed by atoms with Gasteiger partial charge in [0.25, 0.3) is 0 Å². The van der Waals surface area contributed by atoms with Gasteiger partial charge in [-0.1, -0.05) is 24.3 Å². The van der Waals surface area contributed by atoms with Crippen LogP contribution in [0.2, 0.25) is 0 Å². The largest absolute Gasteiger partial charge is 0.358 e. The molecule has 1 N–H and O–H groups in total. The summed E-state index contributed by atoms with van der Waals surface area (Å²) >= 11 is 1.57. The maximum Gasteiger partial charge on any atom is 0.239 e. The van der Waals surface area contributed by atoms with E-state index in [4.69, 9.17) is 0 Å². The van der Waals surface area contributed by atoms with Gasteiger partial charge in [0.2, 0.25) is 11.8 Å². The predicted molar refractivity (Wildman–Crippen MR) is 79.0 cm³/mol. The Kier molecular flexibility index (Phi) is 6.42. The summed E-state index contributed by atoms with van der Waals surface area (Å²) in [5, 5.41) is 2.50. The number of aryl methyl sites for hydroxylation is 1. The van der Waals surface area contributed by atoms with E-state index in [1.807, 2.05) is 12.1 Å². The first-order valence-corrected chi connectivity index (χ1v) is 7.27. The minimum absolute atomic E-state index is 0.0258. The Hall–Kier alpha value is -1.49. The number of amides is 2.